The van der Waals surface area contributed by atoms with Crippen LogP contribution in [0.15, 0.2) is 173 Å². The van der Waals surface area contributed by atoms with E-state index in [9.17, 15) is 0 Å². The lowest BCUT2D eigenvalue weighted by atomic mass is 9.89. The lowest BCUT2D eigenvalue weighted by molar-refractivity contribution is 0.668. The number of nitrogens with zero attached hydrogens (tertiary/aromatic N) is 3. The predicted molar refractivity (Wildman–Crippen MR) is 202 cm³/mol. The molecule has 0 unspecified atom stereocenters. The third-order valence-electron chi connectivity index (χ3n) is 9.35. The summed E-state index contributed by atoms with van der Waals surface area (Å²) in [5.41, 5.74) is 10.3. The van der Waals surface area contributed by atoms with Gasteiger partial charge in [0.1, 0.15) is 22.3 Å². The molecule has 234 valence electrons. The fourth-order valence-electron chi connectivity index (χ4n) is 7.04. The maximum atomic E-state index is 6.72. The average molecular weight is 642 g/mol. The SMILES string of the molecule is c1ccc(-c2nc(-c3ccccc3)nc(-c3cccc(-c4ccc5c(oc6ccccc65)c4-c4cccc5oc6ccccc6c45)c3)n2)cc1. The molecule has 0 bridgehead atoms. The Morgan fingerprint density at radius 1 is 0.340 bits per heavy atom. The Kier molecular flexibility index (Phi) is 6.42. The van der Waals surface area contributed by atoms with Gasteiger partial charge in [0.05, 0.1) is 0 Å². The van der Waals surface area contributed by atoms with Crippen molar-refractivity contribution in [2.75, 3.05) is 0 Å². The normalized spacial score (nSPS) is 11.6. The van der Waals surface area contributed by atoms with Gasteiger partial charge in [-0.2, -0.15) is 0 Å². The highest BCUT2D eigenvalue weighted by Gasteiger charge is 2.22. The number of aromatic nitrogens is 3. The average Bonchev–Trinajstić information content (AvgIpc) is 3.77. The van der Waals surface area contributed by atoms with Crippen LogP contribution >= 0.6 is 0 Å². The molecule has 7 aromatic carbocycles. The van der Waals surface area contributed by atoms with Crippen LogP contribution in [0.2, 0.25) is 0 Å². The maximum absolute atomic E-state index is 6.72. The van der Waals surface area contributed by atoms with E-state index >= 15 is 0 Å². The van der Waals surface area contributed by atoms with Crippen molar-refractivity contribution in [1.82, 2.24) is 15.0 Å². The molecule has 0 spiro atoms. The van der Waals surface area contributed by atoms with E-state index < -0.39 is 0 Å². The van der Waals surface area contributed by atoms with Gasteiger partial charge in [-0.15, -0.1) is 0 Å². The van der Waals surface area contributed by atoms with Crippen molar-refractivity contribution in [2.45, 2.75) is 0 Å². The van der Waals surface area contributed by atoms with E-state index in [4.69, 9.17) is 23.8 Å². The summed E-state index contributed by atoms with van der Waals surface area (Å²) < 4.78 is 13.1. The largest absolute Gasteiger partial charge is 0.456 e. The molecule has 10 rings (SSSR count). The van der Waals surface area contributed by atoms with Crippen molar-refractivity contribution >= 4 is 43.9 Å². The maximum Gasteiger partial charge on any atom is 0.164 e. The standard InChI is InChI=1S/C45H27N3O2/c1-3-13-28(14-4-1)43-46-44(29-15-5-2-6-16-29)48-45(47-43)31-18-11-17-30(27-31)32-25-26-34-33-19-7-9-22-37(33)50-42(34)41(32)36-21-12-24-39-40(36)35-20-8-10-23-38(35)49-39/h1-27H. The molecule has 0 aliphatic heterocycles. The second-order valence-electron chi connectivity index (χ2n) is 12.4. The smallest absolute Gasteiger partial charge is 0.164 e. The van der Waals surface area contributed by atoms with E-state index in [-0.39, 0.29) is 0 Å². The van der Waals surface area contributed by atoms with Gasteiger partial charge in [-0.1, -0.05) is 133 Å². The Morgan fingerprint density at radius 2 is 0.880 bits per heavy atom. The van der Waals surface area contributed by atoms with Crippen molar-refractivity contribution < 1.29 is 8.83 Å². The van der Waals surface area contributed by atoms with Gasteiger partial charge in [0.2, 0.25) is 0 Å². The van der Waals surface area contributed by atoms with E-state index in [1.165, 1.54) is 0 Å². The summed E-state index contributed by atoms with van der Waals surface area (Å²) in [5.74, 6) is 1.86. The molecule has 0 atom stereocenters. The van der Waals surface area contributed by atoms with Crippen LogP contribution in [0.1, 0.15) is 0 Å². The van der Waals surface area contributed by atoms with E-state index in [1.54, 1.807) is 0 Å². The monoisotopic (exact) mass is 641 g/mol. The van der Waals surface area contributed by atoms with Gasteiger partial charge in [-0.3, -0.25) is 0 Å². The number of furan rings is 2. The van der Waals surface area contributed by atoms with Crippen LogP contribution in [0, 0.1) is 0 Å². The van der Waals surface area contributed by atoms with Crippen molar-refractivity contribution in [1.29, 1.82) is 0 Å². The van der Waals surface area contributed by atoms with Crippen molar-refractivity contribution in [2.24, 2.45) is 0 Å². The molecule has 5 heteroatoms. The van der Waals surface area contributed by atoms with Crippen LogP contribution in [-0.2, 0) is 0 Å². The highest BCUT2D eigenvalue weighted by atomic mass is 16.3. The molecule has 0 N–H and O–H groups in total. The van der Waals surface area contributed by atoms with Crippen molar-refractivity contribution in [3.05, 3.63) is 164 Å². The number of hydrogen-bond donors (Lipinski definition) is 0. The highest BCUT2D eigenvalue weighted by Crippen LogP contribution is 2.46. The lowest BCUT2D eigenvalue weighted by Crippen LogP contribution is -2.00. The molecule has 0 fully saturated rings. The van der Waals surface area contributed by atoms with E-state index in [1.807, 2.05) is 91.0 Å². The number of benzene rings is 7. The van der Waals surface area contributed by atoms with E-state index in [2.05, 4.69) is 72.8 Å². The highest BCUT2D eigenvalue weighted by molar-refractivity contribution is 6.19. The zero-order valence-electron chi connectivity index (χ0n) is 26.7. The molecule has 50 heavy (non-hydrogen) atoms. The fraction of sp³-hybridized carbons (Fsp3) is 0. The topological polar surface area (TPSA) is 65.0 Å². The molecule has 0 saturated heterocycles. The first-order valence-electron chi connectivity index (χ1n) is 16.6. The van der Waals surface area contributed by atoms with Crippen molar-refractivity contribution in [3.8, 4) is 56.4 Å². The van der Waals surface area contributed by atoms with Crippen LogP contribution in [0.25, 0.3) is 100 Å². The quantitative estimate of drug-likeness (QED) is 0.187. The second kappa shape index (κ2) is 11.4. The number of rotatable bonds is 5. The molecule has 3 aromatic heterocycles. The molecular weight excluding hydrogens is 615 g/mol. The summed E-state index contributed by atoms with van der Waals surface area (Å²) in [4.78, 5) is 14.9. The number of para-hydroxylation sites is 2. The molecule has 0 amide bonds. The predicted octanol–water partition coefficient (Wildman–Crippen LogP) is 12.0. The van der Waals surface area contributed by atoms with Crippen LogP contribution in [0.4, 0.5) is 0 Å². The van der Waals surface area contributed by atoms with Crippen LogP contribution in [-0.4, -0.2) is 15.0 Å². The Labute approximate surface area is 287 Å². The number of hydrogen-bond acceptors (Lipinski definition) is 5. The van der Waals surface area contributed by atoms with Crippen LogP contribution < -0.4 is 0 Å². The minimum absolute atomic E-state index is 0.605. The third-order valence-corrected chi connectivity index (χ3v) is 9.35. The zero-order valence-corrected chi connectivity index (χ0v) is 26.7. The fourth-order valence-corrected chi connectivity index (χ4v) is 7.04. The lowest BCUT2D eigenvalue weighted by Gasteiger charge is -2.14. The van der Waals surface area contributed by atoms with Gasteiger partial charge in [0.25, 0.3) is 0 Å². The van der Waals surface area contributed by atoms with Gasteiger partial charge in [0.15, 0.2) is 17.5 Å². The second-order valence-corrected chi connectivity index (χ2v) is 12.4. The minimum atomic E-state index is 0.605. The first-order valence-corrected chi connectivity index (χ1v) is 16.6. The molecule has 5 nitrogen and oxygen atoms in total. The molecule has 0 aliphatic carbocycles. The zero-order chi connectivity index (χ0) is 33.0. The van der Waals surface area contributed by atoms with Gasteiger partial charge in [-0.25, -0.2) is 15.0 Å². The van der Waals surface area contributed by atoms with E-state index in [0.717, 1.165) is 82.8 Å². The van der Waals surface area contributed by atoms with Crippen LogP contribution in [0.5, 0.6) is 0 Å². The summed E-state index contributed by atoms with van der Waals surface area (Å²) in [6, 6.07) is 55.6. The third kappa shape index (κ3) is 4.60. The van der Waals surface area contributed by atoms with Gasteiger partial charge < -0.3 is 8.83 Å². The summed E-state index contributed by atoms with van der Waals surface area (Å²) in [6.45, 7) is 0. The summed E-state index contributed by atoms with van der Waals surface area (Å²) in [5, 5.41) is 4.28. The molecule has 0 radical (unpaired) electrons. The first kappa shape index (κ1) is 28.2. The van der Waals surface area contributed by atoms with Crippen LogP contribution in [0.3, 0.4) is 0 Å². The van der Waals surface area contributed by atoms with E-state index in [0.29, 0.717) is 17.5 Å². The molecular formula is C45H27N3O2. The van der Waals surface area contributed by atoms with Gasteiger partial charge >= 0.3 is 0 Å². The Balaban J connectivity index is 1.22. The van der Waals surface area contributed by atoms with Gasteiger partial charge in [0, 0.05) is 43.8 Å². The Bertz CT molecular complexity index is 2810. The summed E-state index contributed by atoms with van der Waals surface area (Å²) in [7, 11) is 0. The molecule has 0 aliphatic rings. The molecule has 0 saturated carbocycles. The van der Waals surface area contributed by atoms with Gasteiger partial charge in [-0.05, 0) is 47.0 Å². The summed E-state index contributed by atoms with van der Waals surface area (Å²) in [6.07, 6.45) is 0. The molecule has 3 heterocycles. The Morgan fingerprint density at radius 3 is 1.60 bits per heavy atom. The van der Waals surface area contributed by atoms with Crippen molar-refractivity contribution in [3.63, 3.8) is 0 Å². The summed E-state index contributed by atoms with van der Waals surface area (Å²) >= 11 is 0. The first-order chi connectivity index (χ1) is 24.8. The molecule has 10 aromatic rings. The number of fused-ring (bicyclic) bond motifs is 6. The Hall–Kier alpha value is -6.85. The minimum Gasteiger partial charge on any atom is -0.456 e.